The zero-order valence-electron chi connectivity index (χ0n) is 10.9. The van der Waals surface area contributed by atoms with Crippen LogP contribution in [-0.2, 0) is 6.42 Å². The van der Waals surface area contributed by atoms with Crippen molar-refractivity contribution < 1.29 is 4.39 Å². The molecule has 2 aromatic carbocycles. The van der Waals surface area contributed by atoms with Crippen molar-refractivity contribution in [2.75, 3.05) is 6.54 Å². The SMILES string of the molecule is CC(NCCc1ccccc1)c1ccc(F)cc1Cl. The van der Waals surface area contributed by atoms with Gasteiger partial charge in [0.05, 0.1) is 0 Å². The summed E-state index contributed by atoms with van der Waals surface area (Å²) in [6.45, 7) is 2.89. The van der Waals surface area contributed by atoms with Crippen LogP contribution in [0.5, 0.6) is 0 Å². The largest absolute Gasteiger partial charge is 0.310 e. The molecule has 0 radical (unpaired) electrons. The van der Waals surface area contributed by atoms with Crippen LogP contribution in [0.3, 0.4) is 0 Å². The summed E-state index contributed by atoms with van der Waals surface area (Å²) in [5.41, 5.74) is 2.23. The average molecular weight is 278 g/mol. The van der Waals surface area contributed by atoms with Gasteiger partial charge in [-0.05, 0) is 43.1 Å². The lowest BCUT2D eigenvalue weighted by Gasteiger charge is -2.15. The molecule has 1 atom stereocenters. The summed E-state index contributed by atoms with van der Waals surface area (Å²) in [6, 6.07) is 14.9. The van der Waals surface area contributed by atoms with Crippen LogP contribution in [-0.4, -0.2) is 6.54 Å². The van der Waals surface area contributed by atoms with Gasteiger partial charge in [-0.2, -0.15) is 0 Å². The molecular formula is C16H17ClFN. The molecule has 19 heavy (non-hydrogen) atoms. The highest BCUT2D eigenvalue weighted by Crippen LogP contribution is 2.23. The van der Waals surface area contributed by atoms with E-state index < -0.39 is 0 Å². The van der Waals surface area contributed by atoms with Crippen LogP contribution in [0.4, 0.5) is 4.39 Å². The Morgan fingerprint density at radius 3 is 2.58 bits per heavy atom. The van der Waals surface area contributed by atoms with Gasteiger partial charge < -0.3 is 5.32 Å². The molecule has 2 rings (SSSR count). The summed E-state index contributed by atoms with van der Waals surface area (Å²) >= 11 is 6.04. The number of hydrogen-bond acceptors (Lipinski definition) is 1. The first-order chi connectivity index (χ1) is 9.16. The fourth-order valence-electron chi connectivity index (χ4n) is 2.04. The van der Waals surface area contributed by atoms with E-state index in [1.54, 1.807) is 6.07 Å². The van der Waals surface area contributed by atoms with Crippen LogP contribution < -0.4 is 5.32 Å². The molecule has 0 spiro atoms. The maximum Gasteiger partial charge on any atom is 0.124 e. The molecule has 2 aromatic rings. The maximum atomic E-state index is 13.0. The highest BCUT2D eigenvalue weighted by atomic mass is 35.5. The number of benzene rings is 2. The minimum absolute atomic E-state index is 0.108. The third-order valence-corrected chi connectivity index (χ3v) is 3.46. The Morgan fingerprint density at radius 2 is 1.89 bits per heavy atom. The van der Waals surface area contributed by atoms with E-state index in [0.717, 1.165) is 18.5 Å². The minimum atomic E-state index is -0.301. The molecule has 0 amide bonds. The van der Waals surface area contributed by atoms with Crippen molar-refractivity contribution in [3.8, 4) is 0 Å². The van der Waals surface area contributed by atoms with Gasteiger partial charge in [0.25, 0.3) is 0 Å². The number of halogens is 2. The van der Waals surface area contributed by atoms with E-state index in [0.29, 0.717) is 5.02 Å². The highest BCUT2D eigenvalue weighted by molar-refractivity contribution is 6.31. The summed E-state index contributed by atoms with van der Waals surface area (Å²) in [6.07, 6.45) is 0.962. The molecule has 0 aliphatic heterocycles. The van der Waals surface area contributed by atoms with Crippen molar-refractivity contribution in [1.29, 1.82) is 0 Å². The van der Waals surface area contributed by atoms with Crippen LogP contribution in [0, 0.1) is 5.82 Å². The zero-order valence-corrected chi connectivity index (χ0v) is 11.6. The van der Waals surface area contributed by atoms with E-state index in [4.69, 9.17) is 11.6 Å². The summed E-state index contributed by atoms with van der Waals surface area (Å²) in [7, 11) is 0. The second kappa shape index (κ2) is 6.69. The second-order valence-corrected chi connectivity index (χ2v) is 4.98. The van der Waals surface area contributed by atoms with Crippen molar-refractivity contribution in [3.05, 3.63) is 70.5 Å². The maximum absolute atomic E-state index is 13.0. The standard InChI is InChI=1S/C16H17ClFN/c1-12(15-8-7-14(18)11-16(15)17)19-10-9-13-5-3-2-4-6-13/h2-8,11-12,19H,9-10H2,1H3. The van der Waals surface area contributed by atoms with Crippen molar-refractivity contribution in [1.82, 2.24) is 5.32 Å². The van der Waals surface area contributed by atoms with Crippen LogP contribution in [0.15, 0.2) is 48.5 Å². The molecule has 0 bridgehead atoms. The lowest BCUT2D eigenvalue weighted by atomic mass is 10.1. The molecule has 1 N–H and O–H groups in total. The lowest BCUT2D eigenvalue weighted by molar-refractivity contribution is 0.573. The first-order valence-corrected chi connectivity index (χ1v) is 6.77. The average Bonchev–Trinajstić information content (AvgIpc) is 2.39. The van der Waals surface area contributed by atoms with Crippen LogP contribution in [0.1, 0.15) is 24.1 Å². The molecule has 3 heteroatoms. The summed E-state index contributed by atoms with van der Waals surface area (Å²) < 4.78 is 13.0. The van der Waals surface area contributed by atoms with Gasteiger partial charge in [0.15, 0.2) is 0 Å². The van der Waals surface area contributed by atoms with Gasteiger partial charge in [-0.3, -0.25) is 0 Å². The number of nitrogens with one attached hydrogen (secondary N) is 1. The fourth-order valence-corrected chi connectivity index (χ4v) is 2.37. The van der Waals surface area contributed by atoms with E-state index in [1.807, 2.05) is 25.1 Å². The Kier molecular flexibility index (Phi) is 4.94. The summed E-state index contributed by atoms with van der Waals surface area (Å²) in [4.78, 5) is 0. The smallest absolute Gasteiger partial charge is 0.124 e. The molecule has 0 saturated heterocycles. The monoisotopic (exact) mass is 277 g/mol. The molecule has 0 fully saturated rings. The Balaban J connectivity index is 1.89. The fraction of sp³-hybridized carbons (Fsp3) is 0.250. The molecule has 0 aliphatic carbocycles. The zero-order chi connectivity index (χ0) is 13.7. The first kappa shape index (κ1) is 14.0. The van der Waals surface area contributed by atoms with E-state index in [2.05, 4.69) is 17.4 Å². The molecule has 0 heterocycles. The third kappa shape index (κ3) is 4.05. The normalized spacial score (nSPS) is 12.4. The minimum Gasteiger partial charge on any atom is -0.310 e. The number of hydrogen-bond donors (Lipinski definition) is 1. The topological polar surface area (TPSA) is 12.0 Å². The summed E-state index contributed by atoms with van der Waals surface area (Å²) in [5, 5.41) is 3.87. The van der Waals surface area contributed by atoms with E-state index in [9.17, 15) is 4.39 Å². The van der Waals surface area contributed by atoms with Gasteiger partial charge in [-0.15, -0.1) is 0 Å². The Morgan fingerprint density at radius 1 is 1.16 bits per heavy atom. The Labute approximate surface area is 118 Å². The van der Waals surface area contributed by atoms with Crippen molar-refractivity contribution in [2.24, 2.45) is 0 Å². The predicted molar refractivity (Wildman–Crippen MR) is 78.0 cm³/mol. The van der Waals surface area contributed by atoms with Gasteiger partial charge in [0.2, 0.25) is 0 Å². The summed E-state index contributed by atoms with van der Waals surface area (Å²) in [5.74, 6) is -0.301. The lowest BCUT2D eigenvalue weighted by Crippen LogP contribution is -2.21. The van der Waals surface area contributed by atoms with E-state index in [1.165, 1.54) is 17.7 Å². The van der Waals surface area contributed by atoms with Crippen molar-refractivity contribution in [2.45, 2.75) is 19.4 Å². The highest BCUT2D eigenvalue weighted by Gasteiger charge is 2.09. The second-order valence-electron chi connectivity index (χ2n) is 4.58. The molecule has 100 valence electrons. The van der Waals surface area contributed by atoms with Crippen LogP contribution >= 0.6 is 11.6 Å². The van der Waals surface area contributed by atoms with Crippen molar-refractivity contribution >= 4 is 11.6 Å². The van der Waals surface area contributed by atoms with Gasteiger partial charge in [-0.25, -0.2) is 4.39 Å². The Bertz CT molecular complexity index is 528. The van der Waals surface area contributed by atoms with Crippen LogP contribution in [0.25, 0.3) is 0 Å². The Hall–Kier alpha value is -1.38. The first-order valence-electron chi connectivity index (χ1n) is 6.39. The van der Waals surface area contributed by atoms with E-state index in [-0.39, 0.29) is 11.9 Å². The molecule has 0 aliphatic rings. The predicted octanol–water partition coefficient (Wildman–Crippen LogP) is 4.37. The molecular weight excluding hydrogens is 261 g/mol. The van der Waals surface area contributed by atoms with Crippen LogP contribution in [0.2, 0.25) is 5.02 Å². The molecule has 0 saturated carbocycles. The van der Waals surface area contributed by atoms with Gasteiger partial charge in [0.1, 0.15) is 5.82 Å². The number of rotatable bonds is 5. The van der Waals surface area contributed by atoms with Gasteiger partial charge >= 0.3 is 0 Å². The van der Waals surface area contributed by atoms with Gasteiger partial charge in [-0.1, -0.05) is 48.0 Å². The van der Waals surface area contributed by atoms with Crippen molar-refractivity contribution in [3.63, 3.8) is 0 Å². The quantitative estimate of drug-likeness (QED) is 0.856. The van der Waals surface area contributed by atoms with Gasteiger partial charge in [0, 0.05) is 11.1 Å². The van der Waals surface area contributed by atoms with E-state index >= 15 is 0 Å². The molecule has 1 nitrogen and oxygen atoms in total. The molecule has 0 aromatic heterocycles. The third-order valence-electron chi connectivity index (χ3n) is 3.14. The molecule has 1 unspecified atom stereocenters.